The van der Waals surface area contributed by atoms with Gasteiger partial charge in [-0.1, -0.05) is 11.8 Å². The zero-order valence-electron chi connectivity index (χ0n) is 6.16. The summed E-state index contributed by atoms with van der Waals surface area (Å²) in [7, 11) is 0. The minimum absolute atomic E-state index is 0.771. The molecular formula is C8H8OS2. The smallest absolute Gasteiger partial charge is 0.138 e. The summed E-state index contributed by atoms with van der Waals surface area (Å²) < 4.78 is 5.39. The molecule has 0 aliphatic carbocycles. The van der Waals surface area contributed by atoms with Crippen LogP contribution in [-0.4, -0.2) is 12.2 Å². The van der Waals surface area contributed by atoms with E-state index >= 15 is 0 Å². The highest BCUT2D eigenvalue weighted by molar-refractivity contribution is 7.99. The van der Waals surface area contributed by atoms with Gasteiger partial charge in [-0.25, -0.2) is 0 Å². The van der Waals surface area contributed by atoms with Crippen molar-refractivity contribution in [3.8, 4) is 5.75 Å². The van der Waals surface area contributed by atoms with Crippen molar-refractivity contribution in [3.63, 3.8) is 0 Å². The largest absolute Gasteiger partial charge is 0.481 e. The molecule has 2 rings (SSSR count). The fourth-order valence-electron chi connectivity index (χ4n) is 1.00. The first-order chi connectivity index (χ1) is 5.40. The molecule has 0 saturated carbocycles. The topological polar surface area (TPSA) is 9.23 Å². The van der Waals surface area contributed by atoms with E-state index in [1.54, 1.807) is 23.5 Å². The number of thioether (sulfide) groups is 2. The second-order valence-electron chi connectivity index (χ2n) is 2.22. The zero-order valence-corrected chi connectivity index (χ0v) is 7.80. The Morgan fingerprint density at radius 1 is 1.55 bits per heavy atom. The van der Waals surface area contributed by atoms with Crippen molar-refractivity contribution in [2.24, 2.45) is 0 Å². The van der Waals surface area contributed by atoms with E-state index in [0.29, 0.717) is 0 Å². The van der Waals surface area contributed by atoms with Crippen LogP contribution in [0.5, 0.6) is 5.75 Å². The molecule has 0 fully saturated rings. The van der Waals surface area contributed by atoms with Crippen LogP contribution in [0.2, 0.25) is 0 Å². The van der Waals surface area contributed by atoms with E-state index in [2.05, 4.69) is 24.5 Å². The molecule has 0 N–H and O–H groups in total. The van der Waals surface area contributed by atoms with Gasteiger partial charge in [0, 0.05) is 4.90 Å². The number of fused-ring (bicyclic) bond motifs is 1. The highest BCUT2D eigenvalue weighted by Gasteiger charge is 2.11. The Balaban J connectivity index is 2.41. The number of benzene rings is 1. The van der Waals surface area contributed by atoms with Crippen molar-refractivity contribution in [2.75, 3.05) is 12.2 Å². The Morgan fingerprint density at radius 2 is 2.45 bits per heavy atom. The molecule has 3 heteroatoms. The van der Waals surface area contributed by atoms with Gasteiger partial charge in [0.05, 0.1) is 4.90 Å². The van der Waals surface area contributed by atoms with Crippen LogP contribution in [0.25, 0.3) is 0 Å². The van der Waals surface area contributed by atoms with E-state index in [1.165, 1.54) is 9.79 Å². The fraction of sp³-hybridized carbons (Fsp3) is 0.250. The van der Waals surface area contributed by atoms with Crippen LogP contribution in [0.15, 0.2) is 28.0 Å². The maximum atomic E-state index is 5.39. The average molecular weight is 184 g/mol. The summed E-state index contributed by atoms with van der Waals surface area (Å²) in [5, 5.41) is 0. The molecule has 1 aromatic carbocycles. The molecule has 0 spiro atoms. The minimum atomic E-state index is 0.771. The number of ether oxygens (including phenoxy) is 1. The quantitative estimate of drug-likeness (QED) is 0.621. The first-order valence-electron chi connectivity index (χ1n) is 3.34. The van der Waals surface area contributed by atoms with Gasteiger partial charge in [-0.15, -0.1) is 11.8 Å². The zero-order chi connectivity index (χ0) is 7.68. The normalized spacial score (nSPS) is 14.3. The lowest BCUT2D eigenvalue weighted by atomic mass is 10.3. The number of rotatable bonds is 1. The Kier molecular flexibility index (Phi) is 2.00. The predicted molar refractivity (Wildman–Crippen MR) is 49.6 cm³/mol. The van der Waals surface area contributed by atoms with E-state index < -0.39 is 0 Å². The molecule has 1 aromatic rings. The molecule has 58 valence electrons. The lowest BCUT2D eigenvalue weighted by Gasteiger charge is -1.99. The molecule has 1 aliphatic rings. The molecule has 1 nitrogen and oxygen atoms in total. The van der Waals surface area contributed by atoms with Crippen LogP contribution in [-0.2, 0) is 0 Å². The van der Waals surface area contributed by atoms with E-state index in [-0.39, 0.29) is 0 Å². The second kappa shape index (κ2) is 2.99. The molecule has 11 heavy (non-hydrogen) atoms. The summed E-state index contributed by atoms with van der Waals surface area (Å²) in [5.41, 5.74) is 0. The Labute approximate surface area is 74.5 Å². The van der Waals surface area contributed by atoms with Crippen LogP contribution in [0, 0.1) is 0 Å². The van der Waals surface area contributed by atoms with Crippen LogP contribution in [0.1, 0.15) is 0 Å². The maximum Gasteiger partial charge on any atom is 0.138 e. The third-order valence-electron chi connectivity index (χ3n) is 1.58. The first kappa shape index (κ1) is 7.37. The highest BCUT2D eigenvalue weighted by Crippen LogP contribution is 2.37. The van der Waals surface area contributed by atoms with Crippen molar-refractivity contribution in [1.82, 2.24) is 0 Å². The van der Waals surface area contributed by atoms with Gasteiger partial charge in [-0.2, -0.15) is 0 Å². The van der Waals surface area contributed by atoms with E-state index in [1.807, 2.05) is 0 Å². The molecular weight excluding hydrogens is 176 g/mol. The van der Waals surface area contributed by atoms with Gasteiger partial charge in [0.15, 0.2) is 0 Å². The van der Waals surface area contributed by atoms with E-state index in [0.717, 1.165) is 11.7 Å². The van der Waals surface area contributed by atoms with Gasteiger partial charge in [0.2, 0.25) is 0 Å². The lowest BCUT2D eigenvalue weighted by Crippen LogP contribution is -1.82. The summed E-state index contributed by atoms with van der Waals surface area (Å²) in [4.78, 5) is 2.54. The molecule has 0 saturated heterocycles. The summed E-state index contributed by atoms with van der Waals surface area (Å²) in [6, 6.07) is 6.35. The molecule has 0 aromatic heterocycles. The highest BCUT2D eigenvalue weighted by atomic mass is 32.2. The Bertz CT molecular complexity index is 273. The molecule has 0 radical (unpaired) electrons. The van der Waals surface area contributed by atoms with Crippen molar-refractivity contribution in [1.29, 1.82) is 0 Å². The van der Waals surface area contributed by atoms with Crippen molar-refractivity contribution >= 4 is 23.5 Å². The SMILES string of the molecule is CSc1ccc2c(c1)OCS2. The maximum absolute atomic E-state index is 5.39. The van der Waals surface area contributed by atoms with Gasteiger partial charge in [0.25, 0.3) is 0 Å². The standard InChI is InChI=1S/C8H8OS2/c1-10-6-2-3-8-7(4-6)9-5-11-8/h2-4H,5H2,1H3. The van der Waals surface area contributed by atoms with E-state index in [4.69, 9.17) is 4.74 Å². The minimum Gasteiger partial charge on any atom is -0.481 e. The van der Waals surface area contributed by atoms with Gasteiger partial charge < -0.3 is 4.74 Å². The second-order valence-corrected chi connectivity index (χ2v) is 4.06. The first-order valence-corrected chi connectivity index (χ1v) is 5.55. The fourth-order valence-corrected chi connectivity index (χ4v) is 2.17. The molecule has 0 amide bonds. The molecule has 0 unspecified atom stereocenters. The summed E-state index contributed by atoms with van der Waals surface area (Å²) in [6.07, 6.45) is 2.07. The summed E-state index contributed by atoms with van der Waals surface area (Å²) in [6.45, 7) is 0. The van der Waals surface area contributed by atoms with E-state index in [9.17, 15) is 0 Å². The van der Waals surface area contributed by atoms with Crippen molar-refractivity contribution < 1.29 is 4.74 Å². The van der Waals surface area contributed by atoms with Crippen molar-refractivity contribution in [2.45, 2.75) is 9.79 Å². The third-order valence-corrected chi connectivity index (χ3v) is 3.19. The van der Waals surface area contributed by atoms with Crippen LogP contribution in [0.3, 0.4) is 0 Å². The van der Waals surface area contributed by atoms with Crippen LogP contribution >= 0.6 is 23.5 Å². The molecule has 0 bridgehead atoms. The molecule has 1 aliphatic heterocycles. The van der Waals surface area contributed by atoms with Gasteiger partial charge in [-0.3, -0.25) is 0 Å². The number of hydrogen-bond acceptors (Lipinski definition) is 3. The third kappa shape index (κ3) is 1.35. The van der Waals surface area contributed by atoms with Crippen molar-refractivity contribution in [3.05, 3.63) is 18.2 Å². The summed E-state index contributed by atoms with van der Waals surface area (Å²) in [5.74, 6) is 1.81. The Morgan fingerprint density at radius 3 is 3.27 bits per heavy atom. The Hall–Kier alpha value is -0.280. The monoisotopic (exact) mass is 184 g/mol. The van der Waals surface area contributed by atoms with Gasteiger partial charge >= 0.3 is 0 Å². The lowest BCUT2D eigenvalue weighted by molar-refractivity contribution is 0.396. The molecule has 1 heterocycles. The van der Waals surface area contributed by atoms with Gasteiger partial charge in [0.1, 0.15) is 11.7 Å². The number of hydrogen-bond donors (Lipinski definition) is 0. The predicted octanol–water partition coefficient (Wildman–Crippen LogP) is 2.85. The molecule has 0 atom stereocenters. The van der Waals surface area contributed by atoms with Crippen LogP contribution < -0.4 is 4.74 Å². The van der Waals surface area contributed by atoms with Gasteiger partial charge in [-0.05, 0) is 24.5 Å². The van der Waals surface area contributed by atoms with Crippen LogP contribution in [0.4, 0.5) is 0 Å². The average Bonchev–Trinajstić information content (AvgIpc) is 2.50. The summed E-state index contributed by atoms with van der Waals surface area (Å²) >= 11 is 3.50.